The lowest BCUT2D eigenvalue weighted by molar-refractivity contribution is -0.0500. The Morgan fingerprint density at radius 1 is 1.07 bits per heavy atom. The first-order valence-electron chi connectivity index (χ1n) is 12.3. The zero-order valence-electron chi connectivity index (χ0n) is 22.5. The molecule has 41 heavy (non-hydrogen) atoms. The van der Waals surface area contributed by atoms with Gasteiger partial charge in [-0.25, -0.2) is 26.7 Å². The lowest BCUT2D eigenvalue weighted by atomic mass is 9.96. The van der Waals surface area contributed by atoms with Gasteiger partial charge in [0, 0.05) is 24.2 Å². The van der Waals surface area contributed by atoms with Crippen molar-refractivity contribution in [3.05, 3.63) is 53.6 Å². The summed E-state index contributed by atoms with van der Waals surface area (Å²) in [6.45, 7) is 6.57. The number of benzene rings is 2. The van der Waals surface area contributed by atoms with Crippen molar-refractivity contribution in [3.8, 4) is 16.9 Å². The number of likely N-dealkylation sites (tertiary alicyclic amines) is 1. The number of rotatable bonds is 8. The molecule has 1 fully saturated rings. The minimum Gasteiger partial charge on any atom is -0.444 e. The largest absolute Gasteiger partial charge is 0.534 e. The number of nitrogens with zero attached hydrogens (tertiary/aromatic N) is 1. The van der Waals surface area contributed by atoms with Crippen LogP contribution in [0.5, 0.6) is 5.75 Å². The van der Waals surface area contributed by atoms with Gasteiger partial charge in [0.05, 0.1) is 11.8 Å². The molecule has 0 bridgehead atoms. The average Bonchev–Trinajstić information content (AvgIpc) is 3.20. The predicted molar refractivity (Wildman–Crippen MR) is 139 cm³/mol. The maximum absolute atomic E-state index is 14.5. The number of carbonyl (C=O) groups excluding carboxylic acids is 1. The zero-order chi connectivity index (χ0) is 31.0. The van der Waals surface area contributed by atoms with Crippen LogP contribution in [0.1, 0.15) is 39.7 Å². The normalized spacial score (nSPS) is 18.4. The molecule has 2 aromatic carbocycles. The Morgan fingerprint density at radius 3 is 2.32 bits per heavy atom. The van der Waals surface area contributed by atoms with Crippen molar-refractivity contribution in [1.29, 1.82) is 0 Å². The van der Waals surface area contributed by atoms with Crippen molar-refractivity contribution in [1.82, 2.24) is 9.62 Å². The van der Waals surface area contributed by atoms with E-state index in [9.17, 15) is 43.6 Å². The van der Waals surface area contributed by atoms with Crippen LogP contribution in [-0.4, -0.2) is 63.3 Å². The monoisotopic (exact) mass is 628 g/mol. The third-order valence-corrected chi connectivity index (χ3v) is 8.43. The number of nitrogens with one attached hydrogen (secondary N) is 1. The van der Waals surface area contributed by atoms with Crippen LogP contribution in [0.25, 0.3) is 11.1 Å². The van der Waals surface area contributed by atoms with E-state index in [0.29, 0.717) is 11.6 Å². The average molecular weight is 629 g/mol. The van der Waals surface area contributed by atoms with Gasteiger partial charge in [0.2, 0.25) is 10.0 Å². The fourth-order valence-corrected chi connectivity index (χ4v) is 5.61. The third-order valence-electron chi connectivity index (χ3n) is 6.05. The summed E-state index contributed by atoms with van der Waals surface area (Å²) in [6, 6.07) is 4.82. The Hall–Kier alpha value is -2.98. The van der Waals surface area contributed by atoms with Crippen LogP contribution >= 0.6 is 0 Å². The highest BCUT2D eigenvalue weighted by Crippen LogP contribution is 2.38. The van der Waals surface area contributed by atoms with Crippen molar-refractivity contribution in [2.75, 3.05) is 12.3 Å². The molecule has 0 aromatic heterocycles. The van der Waals surface area contributed by atoms with Crippen LogP contribution in [0.4, 0.5) is 26.7 Å². The summed E-state index contributed by atoms with van der Waals surface area (Å²) in [7, 11) is -9.98. The van der Waals surface area contributed by atoms with Gasteiger partial charge in [0.1, 0.15) is 11.4 Å². The summed E-state index contributed by atoms with van der Waals surface area (Å²) in [6.07, 6.45) is -0.443. The Labute approximate surface area is 234 Å². The van der Waals surface area contributed by atoms with E-state index in [2.05, 4.69) is 8.91 Å². The number of hydrogen-bond donors (Lipinski definition) is 1. The first-order valence-corrected chi connectivity index (χ1v) is 15.4. The van der Waals surface area contributed by atoms with E-state index >= 15 is 0 Å². The van der Waals surface area contributed by atoms with E-state index in [1.165, 1.54) is 30.0 Å². The van der Waals surface area contributed by atoms with Gasteiger partial charge in [0.15, 0.2) is 11.6 Å². The first-order chi connectivity index (χ1) is 18.7. The smallest absolute Gasteiger partial charge is 0.444 e. The third kappa shape index (κ3) is 8.07. The van der Waals surface area contributed by atoms with E-state index in [1.807, 2.05) is 0 Å². The lowest BCUT2D eigenvalue weighted by Gasteiger charge is -2.31. The van der Waals surface area contributed by atoms with Crippen molar-refractivity contribution >= 4 is 26.2 Å². The Balaban J connectivity index is 2.03. The number of amides is 1. The molecule has 16 heteroatoms. The molecule has 1 aliphatic heterocycles. The summed E-state index contributed by atoms with van der Waals surface area (Å²) in [4.78, 5) is 14.3. The van der Waals surface area contributed by atoms with E-state index < -0.39 is 72.4 Å². The molecule has 2 atom stereocenters. The summed E-state index contributed by atoms with van der Waals surface area (Å²) in [5.41, 5.74) is -7.05. The summed E-state index contributed by atoms with van der Waals surface area (Å²) >= 11 is 0. The molecule has 1 saturated heterocycles. The number of alkyl halides is 3. The van der Waals surface area contributed by atoms with Crippen molar-refractivity contribution in [3.63, 3.8) is 0 Å². The van der Waals surface area contributed by atoms with Gasteiger partial charge >= 0.3 is 21.7 Å². The van der Waals surface area contributed by atoms with Crippen LogP contribution in [0.2, 0.25) is 0 Å². The van der Waals surface area contributed by atoms with Gasteiger partial charge in [0.25, 0.3) is 0 Å². The standard InChI is InChI=1S/C25H29F5N2O7S2/c1-5-40(34,35)31-20-9-10-32(23(33)38-24(2,3)4)21(20)12-15-7-6-8-16(11-15)18-13-17(26)14-19(27)22(18)39-41(36,37)25(28,29)30/h6-8,11,13-14,20-21,31H,5,9-10,12H2,1-4H3. The number of halogens is 5. The SMILES string of the molecule is CCS(=O)(=O)NC1CCN(C(=O)OC(C)(C)C)C1Cc1cccc(-c2cc(F)cc(F)c2OS(=O)(=O)C(F)(F)F)c1. The summed E-state index contributed by atoms with van der Waals surface area (Å²) in [5.74, 6) is -4.46. The minimum absolute atomic E-state index is 0.00117. The molecule has 2 unspecified atom stereocenters. The van der Waals surface area contributed by atoms with Gasteiger partial charge in [-0.15, -0.1) is 0 Å². The van der Waals surface area contributed by atoms with Crippen LogP contribution < -0.4 is 8.91 Å². The Morgan fingerprint density at radius 2 is 1.73 bits per heavy atom. The molecule has 0 radical (unpaired) electrons. The Kier molecular flexibility index (Phi) is 9.30. The lowest BCUT2D eigenvalue weighted by Crippen LogP contribution is -2.49. The Bertz CT molecular complexity index is 1510. The molecule has 0 saturated carbocycles. The van der Waals surface area contributed by atoms with Gasteiger partial charge in [-0.3, -0.25) is 0 Å². The first kappa shape index (κ1) is 32.5. The van der Waals surface area contributed by atoms with E-state index in [4.69, 9.17) is 4.74 Å². The van der Waals surface area contributed by atoms with Crippen molar-refractivity contribution in [2.45, 2.75) is 63.7 Å². The highest BCUT2D eigenvalue weighted by molar-refractivity contribution is 7.89. The van der Waals surface area contributed by atoms with Gasteiger partial charge in [-0.2, -0.15) is 21.6 Å². The predicted octanol–water partition coefficient (Wildman–Crippen LogP) is 4.72. The highest BCUT2D eigenvalue weighted by Gasteiger charge is 2.49. The molecule has 1 N–H and O–H groups in total. The molecule has 1 amide bonds. The fraction of sp³-hybridized carbons (Fsp3) is 0.480. The minimum atomic E-state index is -6.29. The molecule has 3 rings (SSSR count). The number of carbonyl (C=O) groups is 1. The van der Waals surface area contributed by atoms with Crippen LogP contribution in [0.15, 0.2) is 36.4 Å². The maximum Gasteiger partial charge on any atom is 0.534 e. The molecule has 1 aliphatic rings. The summed E-state index contributed by atoms with van der Waals surface area (Å²) in [5, 5.41) is 0. The molecule has 228 valence electrons. The second-order valence-electron chi connectivity index (χ2n) is 10.3. The molecular weight excluding hydrogens is 599 g/mol. The van der Waals surface area contributed by atoms with E-state index in [-0.39, 0.29) is 36.8 Å². The molecule has 1 heterocycles. The molecular formula is C25H29F5N2O7S2. The highest BCUT2D eigenvalue weighted by atomic mass is 32.2. The topological polar surface area (TPSA) is 119 Å². The number of sulfonamides is 1. The molecule has 0 aliphatic carbocycles. The van der Waals surface area contributed by atoms with E-state index in [0.717, 1.165) is 0 Å². The second-order valence-corrected chi connectivity index (χ2v) is 13.9. The maximum atomic E-state index is 14.5. The number of ether oxygens (including phenoxy) is 1. The second kappa shape index (κ2) is 11.7. The zero-order valence-corrected chi connectivity index (χ0v) is 24.1. The fourth-order valence-electron chi connectivity index (χ4n) is 4.23. The van der Waals surface area contributed by atoms with Crippen LogP contribution in [0, 0.1) is 11.6 Å². The quantitative estimate of drug-likeness (QED) is 0.255. The van der Waals surface area contributed by atoms with Crippen LogP contribution in [-0.2, 0) is 31.3 Å². The van der Waals surface area contributed by atoms with Gasteiger partial charge in [-0.1, -0.05) is 24.3 Å². The van der Waals surface area contributed by atoms with Gasteiger partial charge < -0.3 is 13.8 Å². The van der Waals surface area contributed by atoms with E-state index in [1.54, 1.807) is 26.8 Å². The molecule has 2 aromatic rings. The van der Waals surface area contributed by atoms with Crippen molar-refractivity contribution < 1.29 is 52.5 Å². The summed E-state index contributed by atoms with van der Waals surface area (Å²) < 4.78 is 127. The van der Waals surface area contributed by atoms with Crippen LogP contribution in [0.3, 0.4) is 0 Å². The molecule has 9 nitrogen and oxygen atoms in total. The van der Waals surface area contributed by atoms with Crippen molar-refractivity contribution in [2.24, 2.45) is 0 Å². The van der Waals surface area contributed by atoms with Gasteiger partial charge in [-0.05, 0) is 57.7 Å². The number of hydrogen-bond acceptors (Lipinski definition) is 7. The molecule has 0 spiro atoms.